The molecule has 0 aliphatic heterocycles. The highest BCUT2D eigenvalue weighted by atomic mass is 32.1. The number of nitrogens with zero attached hydrogens (tertiary/aromatic N) is 1. The van der Waals surface area contributed by atoms with Crippen LogP contribution in [0.2, 0.25) is 0 Å². The van der Waals surface area contributed by atoms with Crippen LogP contribution in [0.5, 0.6) is 0 Å². The maximum absolute atomic E-state index is 8.65. The van der Waals surface area contributed by atoms with Crippen LogP contribution in [0, 0.1) is 4.64 Å². The fourth-order valence-electron chi connectivity index (χ4n) is 1.15. The summed E-state index contributed by atoms with van der Waals surface area (Å²) in [4.78, 5) is 7.31. The molecule has 0 aliphatic carbocycles. The average Bonchev–Trinajstić information content (AvgIpc) is 2.14. The molecule has 3 N–H and O–H groups in total. The van der Waals surface area contributed by atoms with Gasteiger partial charge in [0.1, 0.15) is 16.3 Å². The molecule has 0 saturated carbocycles. The van der Waals surface area contributed by atoms with Crippen molar-refractivity contribution in [1.29, 1.82) is 0 Å². The molecule has 0 atom stereocenters. The van der Waals surface area contributed by atoms with Crippen LogP contribution in [0.4, 0.5) is 5.82 Å². The van der Waals surface area contributed by atoms with Crippen LogP contribution >= 0.6 is 12.2 Å². The molecule has 0 fully saturated rings. The number of aromatic nitrogens is 2. The Labute approximate surface area is 88.4 Å². The summed E-state index contributed by atoms with van der Waals surface area (Å²) in [6.07, 6.45) is 1.92. The summed E-state index contributed by atoms with van der Waals surface area (Å²) >= 11 is 5.02. The Kier molecular flexibility index (Phi) is 4.55. The average molecular weight is 213 g/mol. The normalized spacial score (nSPS) is 10.1. The molecule has 0 aliphatic rings. The van der Waals surface area contributed by atoms with Gasteiger partial charge in [-0.15, -0.1) is 0 Å². The van der Waals surface area contributed by atoms with Gasteiger partial charge in [-0.05, 0) is 6.42 Å². The maximum atomic E-state index is 8.65. The van der Waals surface area contributed by atoms with Crippen LogP contribution in [0.25, 0.3) is 0 Å². The van der Waals surface area contributed by atoms with E-state index in [1.807, 2.05) is 0 Å². The molecule has 0 spiro atoms. The van der Waals surface area contributed by atoms with Crippen molar-refractivity contribution in [3.05, 3.63) is 16.5 Å². The second-order valence-electron chi connectivity index (χ2n) is 2.98. The minimum Gasteiger partial charge on any atom is -0.395 e. The number of anilines is 1. The molecule has 0 amide bonds. The maximum Gasteiger partial charge on any atom is 0.131 e. The minimum absolute atomic E-state index is 0.103. The predicted octanol–water partition coefficient (Wildman–Crippen LogP) is 1.50. The lowest BCUT2D eigenvalue weighted by Gasteiger charge is -2.06. The summed E-state index contributed by atoms with van der Waals surface area (Å²) in [6, 6.07) is 1.75. The highest BCUT2D eigenvalue weighted by molar-refractivity contribution is 7.71. The summed E-state index contributed by atoms with van der Waals surface area (Å²) in [5.41, 5.74) is 0. The van der Waals surface area contributed by atoms with E-state index in [0.717, 1.165) is 24.5 Å². The quantitative estimate of drug-likeness (QED) is 0.649. The molecular formula is C9H15N3OS. The van der Waals surface area contributed by atoms with E-state index in [1.165, 1.54) is 0 Å². The fourth-order valence-corrected chi connectivity index (χ4v) is 1.38. The number of hydrogen-bond donors (Lipinski definition) is 3. The minimum atomic E-state index is 0.103. The molecule has 1 aromatic heterocycles. The zero-order valence-electron chi connectivity index (χ0n) is 8.21. The number of aliphatic hydroxyl groups is 1. The van der Waals surface area contributed by atoms with Gasteiger partial charge in [-0.2, -0.15) is 0 Å². The zero-order chi connectivity index (χ0) is 10.4. The van der Waals surface area contributed by atoms with Gasteiger partial charge >= 0.3 is 0 Å². The summed E-state index contributed by atoms with van der Waals surface area (Å²) in [7, 11) is 0. The van der Waals surface area contributed by atoms with E-state index in [2.05, 4.69) is 22.2 Å². The number of nitrogens with one attached hydrogen (secondary N) is 2. The smallest absolute Gasteiger partial charge is 0.131 e. The third-order valence-corrected chi connectivity index (χ3v) is 1.92. The summed E-state index contributed by atoms with van der Waals surface area (Å²) in [5, 5.41) is 11.7. The van der Waals surface area contributed by atoms with Crippen molar-refractivity contribution in [3.63, 3.8) is 0 Å². The molecule has 1 aromatic rings. The van der Waals surface area contributed by atoms with Crippen molar-refractivity contribution in [1.82, 2.24) is 9.97 Å². The number of aromatic amines is 1. The molecule has 78 valence electrons. The molecule has 5 heteroatoms. The van der Waals surface area contributed by atoms with E-state index in [-0.39, 0.29) is 6.61 Å². The van der Waals surface area contributed by atoms with Crippen molar-refractivity contribution >= 4 is 18.0 Å². The third-order valence-electron chi connectivity index (χ3n) is 1.71. The first kappa shape index (κ1) is 11.1. The third kappa shape index (κ3) is 3.43. The first-order valence-electron chi connectivity index (χ1n) is 4.71. The molecule has 4 nitrogen and oxygen atoms in total. The van der Waals surface area contributed by atoms with Crippen LogP contribution < -0.4 is 5.32 Å². The molecule has 14 heavy (non-hydrogen) atoms. The number of H-pyrrole nitrogens is 1. The van der Waals surface area contributed by atoms with Gasteiger partial charge in [0, 0.05) is 19.0 Å². The molecule has 0 bridgehead atoms. The molecule has 0 aromatic carbocycles. The Morgan fingerprint density at radius 3 is 3.07 bits per heavy atom. The summed E-state index contributed by atoms with van der Waals surface area (Å²) < 4.78 is 0.577. The Hall–Kier alpha value is -0.940. The highest BCUT2D eigenvalue weighted by Gasteiger charge is 1.97. The molecule has 1 rings (SSSR count). The Morgan fingerprint density at radius 1 is 1.64 bits per heavy atom. The van der Waals surface area contributed by atoms with Crippen molar-refractivity contribution < 1.29 is 5.11 Å². The fraction of sp³-hybridized carbons (Fsp3) is 0.556. The van der Waals surface area contributed by atoms with E-state index in [9.17, 15) is 0 Å². The van der Waals surface area contributed by atoms with Gasteiger partial charge < -0.3 is 15.4 Å². The topological polar surface area (TPSA) is 60.9 Å². The Bertz CT molecular complexity index is 337. The predicted molar refractivity (Wildman–Crippen MR) is 59.0 cm³/mol. The summed E-state index contributed by atoms with van der Waals surface area (Å²) in [6.45, 7) is 2.71. The monoisotopic (exact) mass is 213 g/mol. The van der Waals surface area contributed by atoms with Crippen LogP contribution in [0.15, 0.2) is 6.07 Å². The SMILES string of the molecule is CCCc1nc(=S)cc(NCCO)[nH]1. The van der Waals surface area contributed by atoms with Crippen LogP contribution in [0.1, 0.15) is 19.2 Å². The Balaban J connectivity index is 2.78. The Morgan fingerprint density at radius 2 is 2.43 bits per heavy atom. The van der Waals surface area contributed by atoms with Gasteiger partial charge in [-0.1, -0.05) is 19.1 Å². The van der Waals surface area contributed by atoms with Gasteiger partial charge in [0.2, 0.25) is 0 Å². The number of aliphatic hydroxyl groups excluding tert-OH is 1. The van der Waals surface area contributed by atoms with Crippen molar-refractivity contribution in [3.8, 4) is 0 Å². The van der Waals surface area contributed by atoms with Gasteiger partial charge in [-0.25, -0.2) is 4.98 Å². The molecule has 0 unspecified atom stereocenters. The van der Waals surface area contributed by atoms with Gasteiger partial charge in [-0.3, -0.25) is 0 Å². The second kappa shape index (κ2) is 5.72. The van der Waals surface area contributed by atoms with E-state index in [0.29, 0.717) is 11.2 Å². The van der Waals surface area contributed by atoms with Crippen molar-refractivity contribution in [2.24, 2.45) is 0 Å². The van der Waals surface area contributed by atoms with Crippen LogP contribution in [0.3, 0.4) is 0 Å². The zero-order valence-corrected chi connectivity index (χ0v) is 9.02. The van der Waals surface area contributed by atoms with Gasteiger partial charge in [0.05, 0.1) is 6.61 Å². The van der Waals surface area contributed by atoms with Crippen LogP contribution in [-0.4, -0.2) is 28.2 Å². The molecule has 0 saturated heterocycles. The largest absolute Gasteiger partial charge is 0.395 e. The number of hydrogen-bond acceptors (Lipinski definition) is 4. The summed E-state index contributed by atoms with van der Waals surface area (Å²) in [5.74, 6) is 1.71. The first-order chi connectivity index (χ1) is 6.76. The molecule has 1 heterocycles. The number of aryl methyl sites for hydroxylation is 1. The van der Waals surface area contributed by atoms with E-state index < -0.39 is 0 Å². The van der Waals surface area contributed by atoms with Crippen molar-refractivity contribution in [2.45, 2.75) is 19.8 Å². The molecular weight excluding hydrogens is 198 g/mol. The lowest BCUT2D eigenvalue weighted by Crippen LogP contribution is -2.08. The highest BCUT2D eigenvalue weighted by Crippen LogP contribution is 2.04. The van der Waals surface area contributed by atoms with Gasteiger partial charge in [0.25, 0.3) is 0 Å². The first-order valence-corrected chi connectivity index (χ1v) is 5.12. The second-order valence-corrected chi connectivity index (χ2v) is 3.40. The standard InChI is InChI=1S/C9H15N3OS/c1-2-3-7-11-8(10-4-5-13)6-9(14)12-7/h6,13H,2-5H2,1H3,(H2,10,11,12,14). The van der Waals surface area contributed by atoms with E-state index in [4.69, 9.17) is 17.3 Å². The lowest BCUT2D eigenvalue weighted by atomic mass is 10.3. The number of rotatable bonds is 5. The van der Waals surface area contributed by atoms with Crippen molar-refractivity contribution in [2.75, 3.05) is 18.5 Å². The van der Waals surface area contributed by atoms with E-state index in [1.54, 1.807) is 6.07 Å². The molecule has 0 radical (unpaired) electrons. The van der Waals surface area contributed by atoms with E-state index >= 15 is 0 Å². The lowest BCUT2D eigenvalue weighted by molar-refractivity contribution is 0.311. The van der Waals surface area contributed by atoms with Gasteiger partial charge in [0.15, 0.2) is 0 Å². The van der Waals surface area contributed by atoms with Crippen LogP contribution in [-0.2, 0) is 6.42 Å².